The number of nitriles is 1. The largest absolute Gasteiger partial charge is 0.488 e. The third-order valence-electron chi connectivity index (χ3n) is 5.50. The van der Waals surface area contributed by atoms with Crippen LogP contribution in [-0.2, 0) is 31.6 Å². The lowest BCUT2D eigenvalue weighted by molar-refractivity contribution is -0.112. The average Bonchev–Trinajstić information content (AvgIpc) is 2.87. The fourth-order valence-corrected chi connectivity index (χ4v) is 4.21. The van der Waals surface area contributed by atoms with E-state index in [4.69, 9.17) is 25.8 Å². The van der Waals surface area contributed by atoms with Crippen molar-refractivity contribution in [1.29, 1.82) is 5.26 Å². The monoisotopic (exact) mass is 558 g/mol. The number of sulfonamides is 1. The van der Waals surface area contributed by atoms with Gasteiger partial charge in [0.1, 0.15) is 37.9 Å². The van der Waals surface area contributed by atoms with Crippen LogP contribution >= 0.6 is 11.6 Å². The minimum Gasteiger partial charge on any atom is -0.488 e. The number of aromatic nitrogens is 2. The first-order valence-electron chi connectivity index (χ1n) is 11.4. The van der Waals surface area contributed by atoms with Crippen LogP contribution < -0.4 is 14.2 Å². The maximum Gasteiger partial charge on any atom is 0.236 e. The van der Waals surface area contributed by atoms with E-state index in [0.717, 1.165) is 17.4 Å². The van der Waals surface area contributed by atoms with E-state index >= 15 is 0 Å². The molecule has 2 aromatic carbocycles. The maximum absolute atomic E-state index is 11.4. The van der Waals surface area contributed by atoms with Gasteiger partial charge in [0.25, 0.3) is 0 Å². The van der Waals surface area contributed by atoms with E-state index in [-0.39, 0.29) is 38.1 Å². The van der Waals surface area contributed by atoms with Gasteiger partial charge in [-0.3, -0.25) is 4.72 Å². The van der Waals surface area contributed by atoms with Gasteiger partial charge < -0.3 is 19.0 Å². The summed E-state index contributed by atoms with van der Waals surface area (Å²) in [5, 5.41) is 9.98. The molecule has 10 nitrogen and oxygen atoms in total. The SMILES string of the molecule is CC(C)(c1ccc(OCc2ccnc(NS(C)(=O)=O)n2)cc1)c1cc(Cl)c(OCCOCC=O)c(C#N)c1. The van der Waals surface area contributed by atoms with Crippen LogP contribution in [-0.4, -0.2) is 50.7 Å². The molecule has 0 aliphatic rings. The highest BCUT2D eigenvalue weighted by molar-refractivity contribution is 7.91. The van der Waals surface area contributed by atoms with E-state index in [1.54, 1.807) is 18.2 Å². The summed E-state index contributed by atoms with van der Waals surface area (Å²) < 4.78 is 41.5. The normalized spacial score (nSPS) is 11.4. The molecule has 0 saturated heterocycles. The summed E-state index contributed by atoms with van der Waals surface area (Å²) in [6.45, 7) is 4.46. The molecule has 3 rings (SSSR count). The molecular formula is C26H27ClN4O6S. The second-order valence-electron chi connectivity index (χ2n) is 8.72. The molecule has 0 radical (unpaired) electrons. The quantitative estimate of drug-likeness (QED) is 0.244. The molecule has 0 atom stereocenters. The van der Waals surface area contributed by atoms with Crippen LogP contribution in [0, 0.1) is 11.3 Å². The molecule has 1 aromatic heterocycles. The average molecular weight is 559 g/mol. The van der Waals surface area contributed by atoms with Gasteiger partial charge in [-0.15, -0.1) is 0 Å². The van der Waals surface area contributed by atoms with E-state index in [1.807, 2.05) is 38.1 Å². The van der Waals surface area contributed by atoms with Crippen molar-refractivity contribution in [2.24, 2.45) is 0 Å². The molecular weight excluding hydrogens is 532 g/mol. The second kappa shape index (κ2) is 12.7. The van der Waals surface area contributed by atoms with Gasteiger partial charge in [0, 0.05) is 11.6 Å². The van der Waals surface area contributed by atoms with Crippen LogP contribution in [0.5, 0.6) is 11.5 Å². The molecule has 0 saturated carbocycles. The number of nitrogens with one attached hydrogen (secondary N) is 1. The van der Waals surface area contributed by atoms with Gasteiger partial charge in [-0.05, 0) is 41.5 Å². The lowest BCUT2D eigenvalue weighted by atomic mass is 9.77. The number of carbonyl (C=O) groups excluding carboxylic acids is 1. The third kappa shape index (κ3) is 7.89. The number of benzene rings is 2. The van der Waals surface area contributed by atoms with Gasteiger partial charge in [0.2, 0.25) is 16.0 Å². The van der Waals surface area contributed by atoms with Crippen LogP contribution in [0.1, 0.15) is 36.2 Å². The van der Waals surface area contributed by atoms with E-state index in [0.29, 0.717) is 28.3 Å². The van der Waals surface area contributed by atoms with E-state index < -0.39 is 15.4 Å². The van der Waals surface area contributed by atoms with Crippen LogP contribution in [0.3, 0.4) is 0 Å². The smallest absolute Gasteiger partial charge is 0.236 e. The van der Waals surface area contributed by atoms with Gasteiger partial charge in [0.15, 0.2) is 5.75 Å². The van der Waals surface area contributed by atoms with Crippen LogP contribution in [0.4, 0.5) is 5.95 Å². The predicted molar refractivity (Wildman–Crippen MR) is 142 cm³/mol. The van der Waals surface area contributed by atoms with Crippen molar-refractivity contribution in [3.8, 4) is 17.6 Å². The molecule has 0 aliphatic heterocycles. The Kier molecular flexibility index (Phi) is 9.63. The minimum atomic E-state index is -3.48. The fraction of sp³-hybridized carbons (Fsp3) is 0.308. The Balaban J connectivity index is 1.71. The lowest BCUT2D eigenvalue weighted by Gasteiger charge is -2.27. The highest BCUT2D eigenvalue weighted by Crippen LogP contribution is 2.38. The molecule has 0 spiro atoms. The first-order chi connectivity index (χ1) is 18.0. The van der Waals surface area contributed by atoms with Crippen molar-refractivity contribution in [3.63, 3.8) is 0 Å². The summed E-state index contributed by atoms with van der Waals surface area (Å²) in [6, 6.07) is 14.8. The van der Waals surface area contributed by atoms with E-state index in [2.05, 4.69) is 20.8 Å². The van der Waals surface area contributed by atoms with Crippen LogP contribution in [0.25, 0.3) is 0 Å². The predicted octanol–water partition coefficient (Wildman–Crippen LogP) is 3.87. The number of nitrogens with zero attached hydrogens (tertiary/aromatic N) is 3. The zero-order valence-electron chi connectivity index (χ0n) is 21.1. The number of carbonyl (C=O) groups is 1. The Bertz CT molecular complexity index is 1420. The second-order valence-corrected chi connectivity index (χ2v) is 10.9. The van der Waals surface area contributed by atoms with Crippen LogP contribution in [0.2, 0.25) is 5.02 Å². The first-order valence-corrected chi connectivity index (χ1v) is 13.7. The van der Waals surface area contributed by atoms with Gasteiger partial charge in [-0.2, -0.15) is 5.26 Å². The summed E-state index contributed by atoms with van der Waals surface area (Å²) in [6.07, 6.45) is 3.12. The fourth-order valence-electron chi connectivity index (χ4n) is 3.50. The molecule has 1 heterocycles. The van der Waals surface area contributed by atoms with Gasteiger partial charge in [0.05, 0.1) is 29.1 Å². The first kappa shape index (κ1) is 28.8. The topological polar surface area (TPSA) is 140 Å². The third-order valence-corrected chi connectivity index (χ3v) is 6.33. The zero-order valence-corrected chi connectivity index (χ0v) is 22.7. The molecule has 0 aliphatic carbocycles. The Labute approximate surface area is 226 Å². The lowest BCUT2D eigenvalue weighted by Crippen LogP contribution is -2.19. The minimum absolute atomic E-state index is 0.0242. The van der Waals surface area contributed by atoms with Crippen LogP contribution in [0.15, 0.2) is 48.7 Å². The Hall–Kier alpha value is -3.72. The Morgan fingerprint density at radius 3 is 2.50 bits per heavy atom. The zero-order chi connectivity index (χ0) is 27.8. The summed E-state index contributed by atoms with van der Waals surface area (Å²) in [5.74, 6) is 0.840. The maximum atomic E-state index is 11.4. The summed E-state index contributed by atoms with van der Waals surface area (Å²) in [7, 11) is -3.48. The Morgan fingerprint density at radius 2 is 1.84 bits per heavy atom. The van der Waals surface area contributed by atoms with E-state index in [9.17, 15) is 18.5 Å². The summed E-state index contributed by atoms with van der Waals surface area (Å²) >= 11 is 6.48. The van der Waals surface area contributed by atoms with Crippen molar-refractivity contribution < 1.29 is 27.4 Å². The molecule has 0 unspecified atom stereocenters. The summed E-state index contributed by atoms with van der Waals surface area (Å²) in [5.41, 5.74) is 2.09. The van der Waals surface area contributed by atoms with Crippen molar-refractivity contribution >= 4 is 33.9 Å². The molecule has 12 heteroatoms. The number of ether oxygens (including phenoxy) is 3. The molecule has 0 fully saturated rings. The molecule has 0 amide bonds. The van der Waals surface area contributed by atoms with Gasteiger partial charge in [-0.25, -0.2) is 18.4 Å². The van der Waals surface area contributed by atoms with Crippen molar-refractivity contribution in [2.45, 2.75) is 25.9 Å². The summed E-state index contributed by atoms with van der Waals surface area (Å²) in [4.78, 5) is 18.4. The number of anilines is 1. The van der Waals surface area contributed by atoms with Crippen molar-refractivity contribution in [2.75, 3.05) is 30.8 Å². The van der Waals surface area contributed by atoms with Gasteiger partial charge in [-0.1, -0.05) is 37.6 Å². The number of halogens is 1. The highest BCUT2D eigenvalue weighted by atomic mass is 35.5. The number of hydrogen-bond donors (Lipinski definition) is 1. The molecule has 3 aromatic rings. The number of aldehydes is 1. The molecule has 1 N–H and O–H groups in total. The standard InChI is InChI=1S/C26H27ClN4O6S/c1-26(2,20-14-18(16-28)24(23(27)15-20)36-13-12-35-11-10-32)19-4-6-22(7-5-19)37-17-21-8-9-29-25(30-21)31-38(3,33)34/h4-10,14-15H,11-13,17H2,1-3H3,(H,29,30,31). The number of rotatable bonds is 13. The van der Waals surface area contributed by atoms with Crippen molar-refractivity contribution in [1.82, 2.24) is 9.97 Å². The van der Waals surface area contributed by atoms with Gasteiger partial charge >= 0.3 is 0 Å². The highest BCUT2D eigenvalue weighted by Gasteiger charge is 2.26. The van der Waals surface area contributed by atoms with E-state index in [1.165, 1.54) is 6.20 Å². The van der Waals surface area contributed by atoms with Crippen molar-refractivity contribution in [3.05, 3.63) is 76.1 Å². The molecule has 0 bridgehead atoms. The number of hydrogen-bond acceptors (Lipinski definition) is 9. The molecule has 38 heavy (non-hydrogen) atoms. The molecule has 200 valence electrons. The Morgan fingerprint density at radius 1 is 1.11 bits per heavy atom.